The zero-order valence-corrected chi connectivity index (χ0v) is 14.7. The topological polar surface area (TPSA) is 92.1 Å². The third kappa shape index (κ3) is 4.13. The summed E-state index contributed by atoms with van der Waals surface area (Å²) in [6.07, 6.45) is -1.04. The Hall–Kier alpha value is -2.94. The first kappa shape index (κ1) is 18.4. The third-order valence-corrected chi connectivity index (χ3v) is 4.23. The predicted molar refractivity (Wildman–Crippen MR) is 93.6 cm³/mol. The van der Waals surface area contributed by atoms with E-state index in [9.17, 15) is 14.9 Å². The van der Waals surface area contributed by atoms with Gasteiger partial charge < -0.3 is 10.1 Å². The van der Waals surface area contributed by atoms with Crippen molar-refractivity contribution >= 4 is 22.8 Å². The van der Waals surface area contributed by atoms with Gasteiger partial charge in [-0.05, 0) is 31.9 Å². The molecule has 130 valence electrons. The molecule has 1 heterocycles. The van der Waals surface area contributed by atoms with Gasteiger partial charge in [0.05, 0.1) is 11.6 Å². The minimum Gasteiger partial charge on any atom is -0.448 e. The van der Waals surface area contributed by atoms with Crippen LogP contribution in [-0.4, -0.2) is 28.5 Å². The number of benzene rings is 1. The molecule has 6 heteroatoms. The second kappa shape index (κ2) is 7.31. The highest BCUT2D eigenvalue weighted by Crippen LogP contribution is 2.16. The van der Waals surface area contributed by atoms with Crippen LogP contribution in [0.5, 0.6) is 0 Å². The van der Waals surface area contributed by atoms with E-state index < -0.39 is 23.5 Å². The second-order valence-electron chi connectivity index (χ2n) is 6.39. The van der Waals surface area contributed by atoms with Crippen molar-refractivity contribution in [3.05, 3.63) is 42.1 Å². The van der Waals surface area contributed by atoms with Crippen molar-refractivity contribution in [2.75, 3.05) is 0 Å². The number of nitrogens with zero attached hydrogens (tertiary/aromatic N) is 2. The van der Waals surface area contributed by atoms with Crippen molar-refractivity contribution < 1.29 is 14.3 Å². The molecule has 0 unspecified atom stereocenters. The molecule has 1 aromatic heterocycles. The summed E-state index contributed by atoms with van der Waals surface area (Å²) in [5.41, 5.74) is -0.227. The Kier molecular flexibility index (Phi) is 5.38. The van der Waals surface area contributed by atoms with Crippen molar-refractivity contribution in [3.63, 3.8) is 0 Å². The first-order chi connectivity index (χ1) is 11.8. The maximum Gasteiger partial charge on any atom is 0.357 e. The first-order valence-corrected chi connectivity index (χ1v) is 8.07. The fourth-order valence-electron chi connectivity index (χ4n) is 2.11. The number of aromatic nitrogens is 1. The molecule has 2 aromatic rings. The summed E-state index contributed by atoms with van der Waals surface area (Å²) in [6.45, 7) is 6.76. The van der Waals surface area contributed by atoms with Gasteiger partial charge >= 0.3 is 5.97 Å². The standard InChI is InChI=1S/C19H21N3O3/c1-12(2)19(4,11-20)22-17(23)13(3)25-18(24)16-10-9-14-7-5-6-8-15(14)21-16/h5-10,12-13H,1-4H3,(H,22,23)/t13-,19-/m0/s1. The summed E-state index contributed by atoms with van der Waals surface area (Å²) < 4.78 is 5.19. The van der Waals surface area contributed by atoms with Gasteiger partial charge in [0.1, 0.15) is 11.2 Å². The molecule has 0 aliphatic heterocycles. The van der Waals surface area contributed by atoms with Crippen LogP contribution in [0.15, 0.2) is 36.4 Å². The highest BCUT2D eigenvalue weighted by molar-refractivity contribution is 5.93. The number of rotatable bonds is 5. The van der Waals surface area contributed by atoms with Crippen LogP contribution in [0.1, 0.15) is 38.2 Å². The molecule has 2 atom stereocenters. The van der Waals surface area contributed by atoms with Crippen LogP contribution in [0.4, 0.5) is 0 Å². The van der Waals surface area contributed by atoms with Gasteiger partial charge in [-0.3, -0.25) is 4.79 Å². The summed E-state index contributed by atoms with van der Waals surface area (Å²) in [7, 11) is 0. The Morgan fingerprint density at radius 1 is 1.20 bits per heavy atom. The van der Waals surface area contributed by atoms with E-state index in [-0.39, 0.29) is 11.6 Å². The van der Waals surface area contributed by atoms with Crippen LogP contribution < -0.4 is 5.32 Å². The number of esters is 1. The number of fused-ring (bicyclic) bond motifs is 1. The molecule has 1 N–H and O–H groups in total. The lowest BCUT2D eigenvalue weighted by molar-refractivity contribution is -0.130. The molecule has 0 aliphatic rings. The highest BCUT2D eigenvalue weighted by atomic mass is 16.5. The summed E-state index contributed by atoms with van der Waals surface area (Å²) in [6, 6.07) is 12.8. The second-order valence-corrected chi connectivity index (χ2v) is 6.39. The lowest BCUT2D eigenvalue weighted by atomic mass is 9.90. The number of amides is 1. The molecule has 2 rings (SSSR count). The molecule has 0 spiro atoms. The number of hydrogen-bond donors (Lipinski definition) is 1. The van der Waals surface area contributed by atoms with Crippen molar-refractivity contribution in [1.82, 2.24) is 10.3 Å². The number of hydrogen-bond acceptors (Lipinski definition) is 5. The smallest absolute Gasteiger partial charge is 0.357 e. The number of carbonyl (C=O) groups is 2. The van der Waals surface area contributed by atoms with Gasteiger partial charge in [0.15, 0.2) is 6.10 Å². The SMILES string of the molecule is CC(C)[C@](C)(C#N)NC(=O)[C@H](C)OC(=O)c1ccc2ccccc2n1. The fraction of sp³-hybridized carbons (Fsp3) is 0.368. The van der Waals surface area contributed by atoms with Crippen molar-refractivity contribution in [2.24, 2.45) is 5.92 Å². The number of pyridine rings is 1. The summed E-state index contributed by atoms with van der Waals surface area (Å²) >= 11 is 0. The lowest BCUT2D eigenvalue weighted by Crippen LogP contribution is -2.52. The van der Waals surface area contributed by atoms with Gasteiger partial charge in [-0.2, -0.15) is 5.26 Å². The molecule has 0 fully saturated rings. The van der Waals surface area contributed by atoms with Gasteiger partial charge in [-0.15, -0.1) is 0 Å². The van der Waals surface area contributed by atoms with Crippen LogP contribution in [0.25, 0.3) is 10.9 Å². The molecule has 0 saturated heterocycles. The van der Waals surface area contributed by atoms with Gasteiger partial charge in [-0.25, -0.2) is 9.78 Å². The predicted octanol–water partition coefficient (Wildman–Crippen LogP) is 2.83. The van der Waals surface area contributed by atoms with E-state index in [1.807, 2.05) is 32.0 Å². The van der Waals surface area contributed by atoms with Gasteiger partial charge in [0.25, 0.3) is 5.91 Å². The quantitative estimate of drug-likeness (QED) is 0.846. The molecule has 1 aromatic carbocycles. The number of carbonyl (C=O) groups excluding carboxylic acids is 2. The third-order valence-electron chi connectivity index (χ3n) is 4.23. The summed E-state index contributed by atoms with van der Waals surface area (Å²) in [4.78, 5) is 28.7. The zero-order valence-electron chi connectivity index (χ0n) is 14.7. The Balaban J connectivity index is 2.08. The normalized spacial score (nSPS) is 14.4. The molecule has 1 amide bonds. The summed E-state index contributed by atoms with van der Waals surface area (Å²) in [5.74, 6) is -1.30. The number of nitriles is 1. The minimum absolute atomic E-state index is 0.0912. The first-order valence-electron chi connectivity index (χ1n) is 8.07. The van der Waals surface area contributed by atoms with Crippen molar-refractivity contribution in [2.45, 2.75) is 39.3 Å². The molecule has 25 heavy (non-hydrogen) atoms. The fourth-order valence-corrected chi connectivity index (χ4v) is 2.11. The Labute approximate surface area is 146 Å². The molecule has 0 saturated carbocycles. The van der Waals surface area contributed by atoms with E-state index in [1.54, 1.807) is 25.1 Å². The molecular weight excluding hydrogens is 318 g/mol. The van der Waals surface area contributed by atoms with E-state index in [4.69, 9.17) is 4.74 Å². The van der Waals surface area contributed by atoms with E-state index in [0.717, 1.165) is 5.39 Å². The number of ether oxygens (including phenoxy) is 1. The summed E-state index contributed by atoms with van der Waals surface area (Å²) in [5, 5.41) is 12.8. The van der Waals surface area contributed by atoms with Crippen LogP contribution in [-0.2, 0) is 9.53 Å². The maximum absolute atomic E-state index is 12.2. The van der Waals surface area contributed by atoms with Crippen LogP contribution >= 0.6 is 0 Å². The Morgan fingerprint density at radius 3 is 2.52 bits per heavy atom. The average Bonchev–Trinajstić information content (AvgIpc) is 2.60. The van der Waals surface area contributed by atoms with E-state index in [1.165, 1.54) is 6.92 Å². The maximum atomic E-state index is 12.2. The van der Waals surface area contributed by atoms with E-state index in [2.05, 4.69) is 16.4 Å². The average molecular weight is 339 g/mol. The van der Waals surface area contributed by atoms with Gasteiger partial charge in [0, 0.05) is 5.39 Å². The van der Waals surface area contributed by atoms with Crippen molar-refractivity contribution in [1.29, 1.82) is 5.26 Å². The van der Waals surface area contributed by atoms with Crippen LogP contribution in [0.3, 0.4) is 0 Å². The number of nitrogens with one attached hydrogen (secondary N) is 1. The van der Waals surface area contributed by atoms with Crippen molar-refractivity contribution in [3.8, 4) is 6.07 Å². The Bertz CT molecular complexity index is 841. The van der Waals surface area contributed by atoms with E-state index in [0.29, 0.717) is 5.52 Å². The molecule has 0 radical (unpaired) electrons. The minimum atomic E-state index is -1.04. The monoisotopic (exact) mass is 339 g/mol. The molecule has 0 aliphatic carbocycles. The molecular formula is C19H21N3O3. The van der Waals surface area contributed by atoms with Crippen LogP contribution in [0, 0.1) is 17.2 Å². The molecule has 6 nitrogen and oxygen atoms in total. The Morgan fingerprint density at radius 2 is 1.88 bits per heavy atom. The van der Waals surface area contributed by atoms with Gasteiger partial charge in [-0.1, -0.05) is 38.1 Å². The highest BCUT2D eigenvalue weighted by Gasteiger charge is 2.32. The zero-order chi connectivity index (χ0) is 18.6. The lowest BCUT2D eigenvalue weighted by Gasteiger charge is -2.28. The largest absolute Gasteiger partial charge is 0.448 e. The number of para-hydroxylation sites is 1. The van der Waals surface area contributed by atoms with Gasteiger partial charge in [0.2, 0.25) is 0 Å². The van der Waals surface area contributed by atoms with E-state index >= 15 is 0 Å². The molecule has 0 bridgehead atoms. The van der Waals surface area contributed by atoms with Crippen LogP contribution in [0.2, 0.25) is 0 Å².